The first kappa shape index (κ1) is 16.2. The third kappa shape index (κ3) is 2.55. The highest BCUT2D eigenvalue weighted by Gasteiger charge is 2.19. The Hall–Kier alpha value is -2.23. The Labute approximate surface area is 153 Å². The summed E-state index contributed by atoms with van der Waals surface area (Å²) in [5, 5.41) is 2.64. The van der Waals surface area contributed by atoms with Gasteiger partial charge in [0, 0.05) is 33.0 Å². The van der Waals surface area contributed by atoms with Gasteiger partial charge in [-0.05, 0) is 56.2 Å². The number of aryl methyl sites for hydroxylation is 3. The van der Waals surface area contributed by atoms with Gasteiger partial charge in [-0.3, -0.25) is 0 Å². The van der Waals surface area contributed by atoms with E-state index < -0.39 is 5.63 Å². The number of furan rings is 1. The standard InChI is InChI=1S/C20H14Cl2O3/c1-9-4-14-15(8-18(23)24-17(14)5-10(9)2)19-11(3)13-6-12(21)7-16(22)20(13)25-19/h4-8H,1-3H3. The van der Waals surface area contributed by atoms with Crippen molar-refractivity contribution in [2.24, 2.45) is 0 Å². The molecule has 4 rings (SSSR count). The first-order valence-electron chi connectivity index (χ1n) is 7.79. The Kier molecular flexibility index (Phi) is 3.67. The first-order chi connectivity index (χ1) is 11.8. The predicted molar refractivity (Wildman–Crippen MR) is 102 cm³/mol. The molecule has 25 heavy (non-hydrogen) atoms. The average molecular weight is 373 g/mol. The number of rotatable bonds is 1. The predicted octanol–water partition coefficient (Wildman–Crippen LogP) is 6.44. The molecule has 126 valence electrons. The fourth-order valence-corrected chi connectivity index (χ4v) is 3.64. The molecule has 0 saturated carbocycles. The molecule has 5 heteroatoms. The van der Waals surface area contributed by atoms with E-state index >= 15 is 0 Å². The van der Waals surface area contributed by atoms with E-state index in [1.54, 1.807) is 6.07 Å². The normalized spacial score (nSPS) is 11.6. The molecular weight excluding hydrogens is 359 g/mol. The summed E-state index contributed by atoms with van der Waals surface area (Å²) < 4.78 is 11.4. The molecule has 4 aromatic rings. The minimum Gasteiger partial charge on any atom is -0.454 e. The maximum Gasteiger partial charge on any atom is 0.336 e. The molecular formula is C20H14Cl2O3. The summed E-state index contributed by atoms with van der Waals surface area (Å²) in [7, 11) is 0. The zero-order chi connectivity index (χ0) is 17.9. The van der Waals surface area contributed by atoms with Crippen LogP contribution in [0.15, 0.2) is 44.0 Å². The van der Waals surface area contributed by atoms with Crippen LogP contribution in [0.5, 0.6) is 0 Å². The van der Waals surface area contributed by atoms with Crippen LogP contribution in [0.25, 0.3) is 33.3 Å². The van der Waals surface area contributed by atoms with Gasteiger partial charge in [0.1, 0.15) is 11.3 Å². The lowest BCUT2D eigenvalue weighted by atomic mass is 10.00. The van der Waals surface area contributed by atoms with E-state index in [1.807, 2.05) is 39.0 Å². The van der Waals surface area contributed by atoms with Crippen LogP contribution in [-0.2, 0) is 0 Å². The molecule has 0 atom stereocenters. The van der Waals surface area contributed by atoms with Crippen molar-refractivity contribution in [3.8, 4) is 11.3 Å². The molecule has 0 aliphatic carbocycles. The second-order valence-corrected chi connectivity index (χ2v) is 7.08. The number of hydrogen-bond acceptors (Lipinski definition) is 3. The molecule has 2 aromatic carbocycles. The summed E-state index contributed by atoms with van der Waals surface area (Å²) in [5.74, 6) is 0.598. The number of halogens is 2. The van der Waals surface area contributed by atoms with Gasteiger partial charge in [0.15, 0.2) is 5.58 Å². The molecule has 0 spiro atoms. The second kappa shape index (κ2) is 5.65. The van der Waals surface area contributed by atoms with E-state index in [0.29, 0.717) is 32.5 Å². The van der Waals surface area contributed by atoms with Crippen molar-refractivity contribution in [3.05, 3.63) is 67.5 Å². The summed E-state index contributed by atoms with van der Waals surface area (Å²) in [6.45, 7) is 5.93. The topological polar surface area (TPSA) is 43.4 Å². The smallest absolute Gasteiger partial charge is 0.336 e. The van der Waals surface area contributed by atoms with Gasteiger partial charge in [-0.25, -0.2) is 4.79 Å². The first-order valence-corrected chi connectivity index (χ1v) is 8.54. The van der Waals surface area contributed by atoms with Gasteiger partial charge in [-0.2, -0.15) is 0 Å². The van der Waals surface area contributed by atoms with Gasteiger partial charge in [-0.1, -0.05) is 23.2 Å². The lowest BCUT2D eigenvalue weighted by Gasteiger charge is -2.07. The molecule has 0 unspecified atom stereocenters. The van der Waals surface area contributed by atoms with Crippen LogP contribution >= 0.6 is 23.2 Å². The Morgan fingerprint density at radius 1 is 0.840 bits per heavy atom. The van der Waals surface area contributed by atoms with Gasteiger partial charge in [0.25, 0.3) is 0 Å². The highest BCUT2D eigenvalue weighted by Crippen LogP contribution is 2.40. The molecule has 0 bridgehead atoms. The van der Waals surface area contributed by atoms with Crippen molar-refractivity contribution in [2.75, 3.05) is 0 Å². The van der Waals surface area contributed by atoms with Crippen LogP contribution < -0.4 is 5.63 Å². The Morgan fingerprint density at radius 3 is 2.32 bits per heavy atom. The molecule has 0 saturated heterocycles. The van der Waals surface area contributed by atoms with Crippen LogP contribution in [0, 0.1) is 20.8 Å². The summed E-state index contributed by atoms with van der Waals surface area (Å²) in [5.41, 5.74) is 4.41. The van der Waals surface area contributed by atoms with E-state index in [-0.39, 0.29) is 0 Å². The fraction of sp³-hybridized carbons (Fsp3) is 0.150. The SMILES string of the molecule is Cc1cc2oc(=O)cc(-c3oc4c(Cl)cc(Cl)cc4c3C)c2cc1C. The molecule has 3 nitrogen and oxygen atoms in total. The molecule has 0 aliphatic heterocycles. The summed E-state index contributed by atoms with van der Waals surface area (Å²) in [4.78, 5) is 12.1. The number of hydrogen-bond donors (Lipinski definition) is 0. The van der Waals surface area contributed by atoms with Crippen molar-refractivity contribution in [1.29, 1.82) is 0 Å². The molecule has 0 N–H and O–H groups in total. The fourth-order valence-electron chi connectivity index (χ4n) is 3.11. The Morgan fingerprint density at radius 2 is 1.56 bits per heavy atom. The van der Waals surface area contributed by atoms with Crippen LogP contribution in [0.4, 0.5) is 0 Å². The van der Waals surface area contributed by atoms with Crippen LogP contribution in [-0.4, -0.2) is 0 Å². The van der Waals surface area contributed by atoms with Crippen LogP contribution in [0.1, 0.15) is 16.7 Å². The van der Waals surface area contributed by atoms with Crippen molar-refractivity contribution in [1.82, 2.24) is 0 Å². The average Bonchev–Trinajstić information content (AvgIpc) is 2.86. The van der Waals surface area contributed by atoms with E-state index in [2.05, 4.69) is 0 Å². The lowest BCUT2D eigenvalue weighted by Crippen LogP contribution is -1.99. The molecule has 0 radical (unpaired) electrons. The molecule has 0 aliphatic rings. The van der Waals surface area contributed by atoms with Gasteiger partial charge >= 0.3 is 5.63 Å². The summed E-state index contributed by atoms with van der Waals surface area (Å²) in [6, 6.07) is 8.79. The maximum atomic E-state index is 12.1. The Bertz CT molecular complexity index is 1220. The maximum absolute atomic E-state index is 12.1. The minimum atomic E-state index is -0.422. The lowest BCUT2D eigenvalue weighted by molar-refractivity contribution is 0.559. The molecule has 0 fully saturated rings. The molecule has 0 amide bonds. The quantitative estimate of drug-likeness (QED) is 0.361. The van der Waals surface area contributed by atoms with Crippen molar-refractivity contribution < 1.29 is 8.83 Å². The summed E-state index contributed by atoms with van der Waals surface area (Å²) in [6.07, 6.45) is 0. The third-order valence-electron chi connectivity index (χ3n) is 4.56. The molecule has 2 heterocycles. The Balaban J connectivity index is 2.13. The van der Waals surface area contributed by atoms with Gasteiger partial charge < -0.3 is 8.83 Å². The van der Waals surface area contributed by atoms with E-state index in [1.165, 1.54) is 6.07 Å². The van der Waals surface area contributed by atoms with E-state index in [0.717, 1.165) is 27.5 Å². The zero-order valence-corrected chi connectivity index (χ0v) is 15.4. The third-order valence-corrected chi connectivity index (χ3v) is 5.06. The number of fused-ring (bicyclic) bond motifs is 2. The highest BCUT2D eigenvalue weighted by atomic mass is 35.5. The number of benzene rings is 2. The monoisotopic (exact) mass is 372 g/mol. The second-order valence-electron chi connectivity index (χ2n) is 6.23. The van der Waals surface area contributed by atoms with E-state index in [4.69, 9.17) is 32.0 Å². The van der Waals surface area contributed by atoms with Gasteiger partial charge in [0.05, 0.1) is 5.02 Å². The summed E-state index contributed by atoms with van der Waals surface area (Å²) >= 11 is 12.4. The van der Waals surface area contributed by atoms with Crippen molar-refractivity contribution >= 4 is 45.1 Å². The van der Waals surface area contributed by atoms with Gasteiger partial charge in [-0.15, -0.1) is 0 Å². The molecule has 2 aromatic heterocycles. The van der Waals surface area contributed by atoms with Crippen molar-refractivity contribution in [2.45, 2.75) is 20.8 Å². The largest absolute Gasteiger partial charge is 0.454 e. The van der Waals surface area contributed by atoms with Crippen molar-refractivity contribution in [3.63, 3.8) is 0 Å². The van der Waals surface area contributed by atoms with Gasteiger partial charge in [0.2, 0.25) is 0 Å². The van der Waals surface area contributed by atoms with E-state index in [9.17, 15) is 4.79 Å². The highest BCUT2D eigenvalue weighted by molar-refractivity contribution is 6.38. The zero-order valence-electron chi connectivity index (χ0n) is 13.9. The minimum absolute atomic E-state index is 0.422. The van der Waals surface area contributed by atoms with Crippen LogP contribution in [0.3, 0.4) is 0 Å². The van der Waals surface area contributed by atoms with Crippen LogP contribution in [0.2, 0.25) is 10.0 Å².